The van der Waals surface area contributed by atoms with Gasteiger partial charge in [-0.2, -0.15) is 0 Å². The Hall–Kier alpha value is -1.45. The van der Waals surface area contributed by atoms with E-state index in [1.165, 1.54) is 21.2 Å². The quantitative estimate of drug-likeness (QED) is 0.905. The molecule has 0 atom stereocenters. The van der Waals surface area contributed by atoms with Crippen LogP contribution in [0.5, 0.6) is 0 Å². The minimum Gasteiger partial charge on any atom is -0.340 e. The first kappa shape index (κ1) is 13.5. The Kier molecular flexibility index (Phi) is 3.48. The van der Waals surface area contributed by atoms with E-state index in [9.17, 15) is 0 Å². The molecule has 2 nitrogen and oxygen atoms in total. The number of para-hydroxylation sites is 2. The normalized spacial score (nSPS) is 13.8. The maximum atomic E-state index is 6.16. The average Bonchev–Trinajstić information content (AvgIpc) is 2.42. The van der Waals surface area contributed by atoms with Crippen molar-refractivity contribution in [1.82, 2.24) is 0 Å². The van der Waals surface area contributed by atoms with Crippen LogP contribution in [0.4, 0.5) is 11.4 Å². The van der Waals surface area contributed by atoms with Gasteiger partial charge in [-0.05, 0) is 44.5 Å². The van der Waals surface area contributed by atoms with E-state index in [-0.39, 0.29) is 5.54 Å². The van der Waals surface area contributed by atoms with Gasteiger partial charge < -0.3 is 10.6 Å². The van der Waals surface area contributed by atoms with Gasteiger partial charge >= 0.3 is 0 Å². The van der Waals surface area contributed by atoms with Crippen LogP contribution in [0, 0.1) is 0 Å². The molecule has 2 aromatic rings. The van der Waals surface area contributed by atoms with Gasteiger partial charge in [0.05, 0.1) is 11.4 Å². The van der Waals surface area contributed by atoms with Gasteiger partial charge in [0, 0.05) is 21.9 Å². The van der Waals surface area contributed by atoms with Gasteiger partial charge in [0.1, 0.15) is 0 Å². The van der Waals surface area contributed by atoms with Crippen molar-refractivity contribution in [3.05, 3.63) is 48.5 Å². The Morgan fingerprint density at radius 2 is 1.45 bits per heavy atom. The van der Waals surface area contributed by atoms with Crippen molar-refractivity contribution in [2.24, 2.45) is 5.73 Å². The molecule has 3 heteroatoms. The van der Waals surface area contributed by atoms with Gasteiger partial charge in [0.15, 0.2) is 0 Å². The summed E-state index contributed by atoms with van der Waals surface area (Å²) in [5.41, 5.74) is 8.60. The van der Waals surface area contributed by atoms with Crippen LogP contribution in [0.3, 0.4) is 0 Å². The smallest absolute Gasteiger partial charge is 0.0552 e. The summed E-state index contributed by atoms with van der Waals surface area (Å²) >= 11 is 1.85. The van der Waals surface area contributed by atoms with Crippen molar-refractivity contribution >= 4 is 23.1 Å². The molecule has 0 radical (unpaired) electrons. The summed E-state index contributed by atoms with van der Waals surface area (Å²) in [5.74, 6) is 0. The van der Waals surface area contributed by atoms with Crippen LogP contribution in [0.15, 0.2) is 58.3 Å². The van der Waals surface area contributed by atoms with Crippen molar-refractivity contribution in [2.75, 3.05) is 11.4 Å². The van der Waals surface area contributed by atoms with Crippen LogP contribution in [-0.4, -0.2) is 12.1 Å². The molecular formula is C17H20N2S. The van der Waals surface area contributed by atoms with Gasteiger partial charge in [-0.15, -0.1) is 0 Å². The fraction of sp³-hybridized carbons (Fsp3) is 0.294. The zero-order chi connectivity index (χ0) is 14.2. The first-order chi connectivity index (χ1) is 9.54. The van der Waals surface area contributed by atoms with Crippen LogP contribution in [0.1, 0.15) is 20.3 Å². The molecule has 0 amide bonds. The van der Waals surface area contributed by atoms with E-state index in [4.69, 9.17) is 5.73 Å². The summed E-state index contributed by atoms with van der Waals surface area (Å²) in [4.78, 5) is 5.04. The molecule has 0 fully saturated rings. The van der Waals surface area contributed by atoms with Crippen molar-refractivity contribution in [3.63, 3.8) is 0 Å². The molecule has 104 valence electrons. The molecule has 1 aliphatic heterocycles. The maximum Gasteiger partial charge on any atom is 0.0552 e. The van der Waals surface area contributed by atoms with E-state index in [2.05, 4.69) is 67.3 Å². The summed E-state index contributed by atoms with van der Waals surface area (Å²) in [7, 11) is 0. The molecule has 20 heavy (non-hydrogen) atoms. The highest BCUT2D eigenvalue weighted by Gasteiger charge is 2.24. The Morgan fingerprint density at radius 1 is 0.950 bits per heavy atom. The van der Waals surface area contributed by atoms with E-state index in [0.717, 1.165) is 13.0 Å². The fourth-order valence-corrected chi connectivity index (χ4v) is 3.52. The number of nitrogens with zero attached hydrogens (tertiary/aromatic N) is 1. The predicted molar refractivity (Wildman–Crippen MR) is 86.9 cm³/mol. The highest BCUT2D eigenvalue weighted by Crippen LogP contribution is 2.47. The monoisotopic (exact) mass is 284 g/mol. The summed E-state index contributed by atoms with van der Waals surface area (Å²) in [6.07, 6.45) is 0.959. The topological polar surface area (TPSA) is 29.3 Å². The minimum absolute atomic E-state index is 0.144. The van der Waals surface area contributed by atoms with Crippen LogP contribution in [0.2, 0.25) is 0 Å². The zero-order valence-corrected chi connectivity index (χ0v) is 12.8. The number of nitrogens with two attached hydrogens (primary N) is 1. The standard InChI is InChI=1S/C17H20N2S/c1-17(2,18)11-12-19-13-7-3-5-9-15(13)20-16-10-6-4-8-14(16)19/h3-10H,11-12,18H2,1-2H3. The van der Waals surface area contributed by atoms with Crippen LogP contribution in [0.25, 0.3) is 0 Å². The minimum atomic E-state index is -0.144. The van der Waals surface area contributed by atoms with Crippen LogP contribution in [-0.2, 0) is 0 Å². The lowest BCUT2D eigenvalue weighted by atomic mass is 10.0. The van der Waals surface area contributed by atoms with E-state index >= 15 is 0 Å². The van der Waals surface area contributed by atoms with Crippen molar-refractivity contribution < 1.29 is 0 Å². The lowest BCUT2D eigenvalue weighted by Crippen LogP contribution is -2.36. The van der Waals surface area contributed by atoms with E-state index < -0.39 is 0 Å². The molecule has 1 heterocycles. The largest absolute Gasteiger partial charge is 0.340 e. The third-order valence-corrected chi connectivity index (χ3v) is 4.64. The Morgan fingerprint density at radius 3 is 1.95 bits per heavy atom. The first-order valence-corrected chi connectivity index (χ1v) is 7.79. The molecule has 1 aliphatic rings. The SMILES string of the molecule is CC(C)(N)CCN1c2ccccc2Sc2ccccc21. The average molecular weight is 284 g/mol. The third kappa shape index (κ3) is 2.69. The highest BCUT2D eigenvalue weighted by molar-refractivity contribution is 7.99. The Labute approximate surface area is 125 Å². The van der Waals surface area contributed by atoms with Gasteiger partial charge in [-0.1, -0.05) is 36.0 Å². The number of hydrogen-bond acceptors (Lipinski definition) is 3. The molecule has 0 spiro atoms. The van der Waals surface area contributed by atoms with Gasteiger partial charge in [-0.3, -0.25) is 0 Å². The molecule has 0 saturated carbocycles. The number of hydrogen-bond donors (Lipinski definition) is 1. The second-order valence-electron chi connectivity index (χ2n) is 5.93. The summed E-state index contributed by atoms with van der Waals surface area (Å²) in [6, 6.07) is 17.2. The van der Waals surface area contributed by atoms with Crippen molar-refractivity contribution in [3.8, 4) is 0 Å². The summed E-state index contributed by atoms with van der Waals surface area (Å²) in [5, 5.41) is 0. The second kappa shape index (κ2) is 5.15. The zero-order valence-electron chi connectivity index (χ0n) is 12.0. The molecule has 0 aliphatic carbocycles. The predicted octanol–water partition coefficient (Wildman–Crippen LogP) is 4.42. The van der Waals surface area contributed by atoms with Gasteiger partial charge in [-0.25, -0.2) is 0 Å². The number of rotatable bonds is 3. The van der Waals surface area contributed by atoms with Crippen LogP contribution < -0.4 is 10.6 Å². The third-order valence-electron chi connectivity index (χ3n) is 3.51. The lowest BCUT2D eigenvalue weighted by Gasteiger charge is -2.34. The van der Waals surface area contributed by atoms with E-state index in [1.807, 2.05) is 11.8 Å². The molecule has 2 N–H and O–H groups in total. The molecule has 0 unspecified atom stereocenters. The fourth-order valence-electron chi connectivity index (χ4n) is 2.42. The van der Waals surface area contributed by atoms with Crippen molar-refractivity contribution in [1.29, 1.82) is 0 Å². The number of fused-ring (bicyclic) bond motifs is 2. The number of benzene rings is 2. The Bertz CT molecular complexity index is 571. The second-order valence-corrected chi connectivity index (χ2v) is 7.01. The van der Waals surface area contributed by atoms with E-state index in [0.29, 0.717) is 0 Å². The lowest BCUT2D eigenvalue weighted by molar-refractivity contribution is 0.481. The summed E-state index contributed by atoms with van der Waals surface area (Å²) in [6.45, 7) is 5.12. The molecule has 0 bridgehead atoms. The van der Waals surface area contributed by atoms with Crippen molar-refractivity contribution in [2.45, 2.75) is 35.6 Å². The van der Waals surface area contributed by atoms with E-state index in [1.54, 1.807) is 0 Å². The van der Waals surface area contributed by atoms with Gasteiger partial charge in [0.25, 0.3) is 0 Å². The van der Waals surface area contributed by atoms with Crippen LogP contribution >= 0.6 is 11.8 Å². The molecule has 0 saturated heterocycles. The highest BCUT2D eigenvalue weighted by atomic mass is 32.2. The maximum absolute atomic E-state index is 6.16. The molecule has 0 aromatic heterocycles. The molecule has 3 rings (SSSR count). The molecule has 2 aromatic carbocycles. The number of anilines is 2. The first-order valence-electron chi connectivity index (χ1n) is 6.97. The molecular weight excluding hydrogens is 264 g/mol. The summed E-state index contributed by atoms with van der Waals surface area (Å²) < 4.78 is 0. The van der Waals surface area contributed by atoms with Gasteiger partial charge in [0.2, 0.25) is 0 Å². The Balaban J connectivity index is 1.99.